The Kier molecular flexibility index (Phi) is 4.57. The molecular formula is C16H16N2O4S. The van der Waals surface area contributed by atoms with Crippen LogP contribution in [-0.2, 0) is 9.53 Å². The maximum atomic E-state index is 12.4. The van der Waals surface area contributed by atoms with Gasteiger partial charge in [0.15, 0.2) is 6.61 Å². The number of carbonyl (C=O) groups excluding carboxylic acids is 3. The number of amides is 1. The highest BCUT2D eigenvalue weighted by Crippen LogP contribution is 2.23. The molecule has 2 aromatic rings. The number of ether oxygens (including phenoxy) is 1. The van der Waals surface area contributed by atoms with E-state index in [-0.39, 0.29) is 18.3 Å². The molecule has 0 bridgehead atoms. The van der Waals surface area contributed by atoms with E-state index in [1.54, 1.807) is 30.5 Å². The molecule has 0 saturated carbocycles. The number of carbonyl (C=O) groups is 3. The smallest absolute Gasteiger partial charge is 0.329 e. The van der Waals surface area contributed by atoms with Crippen LogP contribution in [0.2, 0.25) is 0 Å². The Morgan fingerprint density at radius 3 is 2.87 bits per heavy atom. The molecule has 1 saturated heterocycles. The monoisotopic (exact) mass is 332 g/mol. The van der Waals surface area contributed by atoms with Crippen LogP contribution in [0.3, 0.4) is 0 Å². The minimum Gasteiger partial charge on any atom is -0.456 e. The zero-order valence-corrected chi connectivity index (χ0v) is 13.2. The summed E-state index contributed by atoms with van der Waals surface area (Å²) in [5.41, 5.74) is 0.399. The zero-order valence-electron chi connectivity index (χ0n) is 12.4. The van der Waals surface area contributed by atoms with Crippen molar-refractivity contribution >= 4 is 29.0 Å². The predicted octanol–water partition coefficient (Wildman–Crippen LogP) is 2.11. The molecule has 0 aromatic carbocycles. The van der Waals surface area contributed by atoms with E-state index in [9.17, 15) is 14.4 Å². The molecule has 3 heterocycles. The highest BCUT2D eigenvalue weighted by Gasteiger charge is 2.36. The van der Waals surface area contributed by atoms with Crippen LogP contribution < -0.4 is 0 Å². The number of hydrogen-bond acceptors (Lipinski definition) is 5. The van der Waals surface area contributed by atoms with Gasteiger partial charge >= 0.3 is 5.97 Å². The SMILES string of the molecule is O=C(COC(=O)[C@@H]1CCCN1C(=O)c1cccs1)c1ccc[nH]1. The molecule has 120 valence electrons. The van der Waals surface area contributed by atoms with Crippen LogP contribution in [0.1, 0.15) is 33.0 Å². The summed E-state index contributed by atoms with van der Waals surface area (Å²) in [6, 6.07) is 6.26. The van der Waals surface area contributed by atoms with E-state index in [1.807, 2.05) is 5.38 Å². The van der Waals surface area contributed by atoms with Gasteiger partial charge in [-0.3, -0.25) is 9.59 Å². The minimum atomic E-state index is -0.610. The fourth-order valence-corrected chi connectivity index (χ4v) is 3.29. The third-order valence-corrected chi connectivity index (χ3v) is 4.62. The highest BCUT2D eigenvalue weighted by atomic mass is 32.1. The number of nitrogens with one attached hydrogen (secondary N) is 1. The lowest BCUT2D eigenvalue weighted by atomic mass is 10.2. The molecule has 0 aliphatic carbocycles. The molecule has 1 fully saturated rings. The summed E-state index contributed by atoms with van der Waals surface area (Å²) in [6.07, 6.45) is 2.95. The number of rotatable bonds is 5. The molecule has 1 atom stereocenters. The number of Topliss-reactive ketones (excluding diaryl/α,β-unsaturated/α-hetero) is 1. The maximum Gasteiger partial charge on any atom is 0.329 e. The van der Waals surface area contributed by atoms with Crippen LogP contribution in [-0.4, -0.2) is 46.7 Å². The second-order valence-corrected chi connectivity index (χ2v) is 6.20. The number of esters is 1. The molecule has 3 rings (SSSR count). The molecule has 6 nitrogen and oxygen atoms in total. The van der Waals surface area contributed by atoms with Crippen molar-refractivity contribution in [2.75, 3.05) is 13.2 Å². The molecule has 7 heteroatoms. The van der Waals surface area contributed by atoms with Crippen molar-refractivity contribution in [1.29, 1.82) is 0 Å². The lowest BCUT2D eigenvalue weighted by Crippen LogP contribution is -2.41. The summed E-state index contributed by atoms with van der Waals surface area (Å²) >= 11 is 1.35. The van der Waals surface area contributed by atoms with Gasteiger partial charge in [-0.05, 0) is 36.4 Å². The number of ketones is 1. The van der Waals surface area contributed by atoms with Gasteiger partial charge in [-0.2, -0.15) is 0 Å². The summed E-state index contributed by atoms with van der Waals surface area (Å²) < 4.78 is 5.11. The Morgan fingerprint density at radius 1 is 1.30 bits per heavy atom. The lowest BCUT2D eigenvalue weighted by molar-refractivity contribution is -0.147. The number of aromatic amines is 1. The molecule has 0 unspecified atom stereocenters. The summed E-state index contributed by atoms with van der Waals surface area (Å²) in [6.45, 7) is 0.206. The zero-order chi connectivity index (χ0) is 16.2. The fraction of sp³-hybridized carbons (Fsp3) is 0.312. The fourth-order valence-electron chi connectivity index (χ4n) is 2.61. The molecule has 1 aliphatic heterocycles. The Bertz CT molecular complexity index is 694. The van der Waals surface area contributed by atoms with Crippen LogP contribution >= 0.6 is 11.3 Å². The van der Waals surface area contributed by atoms with E-state index in [4.69, 9.17) is 4.74 Å². The molecule has 23 heavy (non-hydrogen) atoms. The third kappa shape index (κ3) is 3.34. The van der Waals surface area contributed by atoms with Crippen molar-refractivity contribution in [2.45, 2.75) is 18.9 Å². The van der Waals surface area contributed by atoms with Crippen molar-refractivity contribution < 1.29 is 19.1 Å². The minimum absolute atomic E-state index is 0.157. The summed E-state index contributed by atoms with van der Waals surface area (Å²) in [5, 5.41) is 1.83. The number of likely N-dealkylation sites (tertiary alicyclic amines) is 1. The first-order valence-corrected chi connectivity index (χ1v) is 8.22. The van der Waals surface area contributed by atoms with Gasteiger partial charge in [0, 0.05) is 12.7 Å². The average Bonchev–Trinajstić information content (AvgIpc) is 3.33. The number of H-pyrrole nitrogens is 1. The van der Waals surface area contributed by atoms with Crippen LogP contribution in [0.25, 0.3) is 0 Å². The van der Waals surface area contributed by atoms with Crippen LogP contribution in [0, 0.1) is 0 Å². The number of hydrogen-bond donors (Lipinski definition) is 1. The first kappa shape index (κ1) is 15.5. The van der Waals surface area contributed by atoms with Gasteiger partial charge in [-0.15, -0.1) is 11.3 Å². The van der Waals surface area contributed by atoms with Crippen LogP contribution in [0.5, 0.6) is 0 Å². The van der Waals surface area contributed by atoms with Gasteiger partial charge in [-0.1, -0.05) is 6.07 Å². The average molecular weight is 332 g/mol. The molecule has 1 aliphatic rings. The van der Waals surface area contributed by atoms with E-state index in [0.29, 0.717) is 23.5 Å². The largest absolute Gasteiger partial charge is 0.456 e. The van der Waals surface area contributed by atoms with E-state index in [0.717, 1.165) is 6.42 Å². The van der Waals surface area contributed by atoms with Gasteiger partial charge in [0.05, 0.1) is 10.6 Å². The molecule has 1 N–H and O–H groups in total. The Hall–Kier alpha value is -2.41. The van der Waals surface area contributed by atoms with Gasteiger partial charge in [0.2, 0.25) is 5.78 Å². The van der Waals surface area contributed by atoms with E-state index < -0.39 is 12.0 Å². The first-order chi connectivity index (χ1) is 11.2. The summed E-state index contributed by atoms with van der Waals surface area (Å²) in [7, 11) is 0. The summed E-state index contributed by atoms with van der Waals surface area (Å²) in [5.74, 6) is -0.972. The Labute approximate surface area is 137 Å². The van der Waals surface area contributed by atoms with Crippen molar-refractivity contribution in [3.63, 3.8) is 0 Å². The number of aromatic nitrogens is 1. The van der Waals surface area contributed by atoms with E-state index in [2.05, 4.69) is 4.98 Å². The van der Waals surface area contributed by atoms with E-state index >= 15 is 0 Å². The molecule has 2 aromatic heterocycles. The Morgan fingerprint density at radius 2 is 2.17 bits per heavy atom. The number of nitrogens with zero attached hydrogens (tertiary/aromatic N) is 1. The van der Waals surface area contributed by atoms with Gasteiger partial charge < -0.3 is 14.6 Å². The van der Waals surface area contributed by atoms with Gasteiger partial charge in [0.1, 0.15) is 6.04 Å². The maximum absolute atomic E-state index is 12.4. The molecular weight excluding hydrogens is 316 g/mol. The van der Waals surface area contributed by atoms with E-state index in [1.165, 1.54) is 16.2 Å². The second kappa shape index (κ2) is 6.78. The molecule has 0 radical (unpaired) electrons. The van der Waals surface area contributed by atoms with Crippen LogP contribution in [0.4, 0.5) is 0 Å². The normalized spacial score (nSPS) is 17.2. The third-order valence-electron chi connectivity index (χ3n) is 3.76. The van der Waals surface area contributed by atoms with Gasteiger partial charge in [-0.25, -0.2) is 4.79 Å². The molecule has 1 amide bonds. The van der Waals surface area contributed by atoms with Crippen molar-refractivity contribution in [3.05, 3.63) is 46.4 Å². The second-order valence-electron chi connectivity index (χ2n) is 5.25. The first-order valence-electron chi connectivity index (χ1n) is 7.34. The lowest BCUT2D eigenvalue weighted by Gasteiger charge is -2.22. The highest BCUT2D eigenvalue weighted by molar-refractivity contribution is 7.12. The summed E-state index contributed by atoms with van der Waals surface area (Å²) in [4.78, 5) is 41.4. The van der Waals surface area contributed by atoms with Crippen molar-refractivity contribution in [1.82, 2.24) is 9.88 Å². The Balaban J connectivity index is 1.60. The molecule has 0 spiro atoms. The predicted molar refractivity (Wildman–Crippen MR) is 84.5 cm³/mol. The topological polar surface area (TPSA) is 79.5 Å². The quantitative estimate of drug-likeness (QED) is 0.672. The van der Waals surface area contributed by atoms with Crippen LogP contribution in [0.15, 0.2) is 35.8 Å². The van der Waals surface area contributed by atoms with Crippen molar-refractivity contribution in [3.8, 4) is 0 Å². The number of thiophene rings is 1. The standard InChI is InChI=1S/C16H16N2O4S/c19-13(11-4-1-7-17-11)10-22-16(21)12-5-2-8-18(12)15(20)14-6-3-9-23-14/h1,3-4,6-7,9,12,17H,2,5,8,10H2/t12-/m0/s1. The van der Waals surface area contributed by atoms with Crippen molar-refractivity contribution in [2.24, 2.45) is 0 Å². The van der Waals surface area contributed by atoms with Gasteiger partial charge in [0.25, 0.3) is 5.91 Å².